The first-order valence-electron chi connectivity index (χ1n) is 11.8. The second-order valence-corrected chi connectivity index (χ2v) is 9.49. The zero-order chi connectivity index (χ0) is 28.0. The Morgan fingerprint density at radius 2 is 1.31 bits per heavy atom. The van der Waals surface area contributed by atoms with Gasteiger partial charge in [0, 0.05) is 11.4 Å². The highest BCUT2D eigenvalue weighted by molar-refractivity contribution is 6.40. The van der Waals surface area contributed by atoms with Crippen LogP contribution in [0.3, 0.4) is 0 Å². The number of carbonyl (C=O) groups excluding carboxylic acids is 2. The Labute approximate surface area is 235 Å². The van der Waals surface area contributed by atoms with E-state index in [-0.39, 0.29) is 21.2 Å². The minimum atomic E-state index is -1.84. The van der Waals surface area contributed by atoms with Crippen molar-refractivity contribution < 1.29 is 19.5 Å². The van der Waals surface area contributed by atoms with Crippen molar-refractivity contribution in [2.24, 2.45) is 0 Å². The van der Waals surface area contributed by atoms with Crippen molar-refractivity contribution >= 4 is 63.9 Å². The molecule has 0 saturated heterocycles. The summed E-state index contributed by atoms with van der Waals surface area (Å²) in [6.07, 6.45) is 0. The van der Waals surface area contributed by atoms with E-state index in [1.807, 2.05) is 36.4 Å². The number of urea groups is 1. The van der Waals surface area contributed by atoms with Gasteiger partial charge in [-0.3, -0.25) is 4.79 Å². The normalized spacial score (nSPS) is 12.1. The molecule has 10 heteroatoms. The Kier molecular flexibility index (Phi) is 8.39. The van der Waals surface area contributed by atoms with Gasteiger partial charge in [0.1, 0.15) is 0 Å². The molecule has 39 heavy (non-hydrogen) atoms. The molecule has 0 spiro atoms. The van der Waals surface area contributed by atoms with Crippen molar-refractivity contribution in [2.75, 3.05) is 16.0 Å². The second kappa shape index (κ2) is 11.9. The Morgan fingerprint density at radius 1 is 0.718 bits per heavy atom. The van der Waals surface area contributed by atoms with Gasteiger partial charge in [-0.2, -0.15) is 0 Å². The Morgan fingerprint density at radius 3 is 1.97 bits per heavy atom. The van der Waals surface area contributed by atoms with E-state index in [2.05, 4.69) is 21.3 Å². The summed E-state index contributed by atoms with van der Waals surface area (Å²) in [7, 11) is 0. The Hall–Kier alpha value is -4.53. The monoisotopic (exact) mass is 562 g/mol. The number of carboxylic acids is 1. The van der Waals surface area contributed by atoms with E-state index in [9.17, 15) is 19.5 Å². The summed E-state index contributed by atoms with van der Waals surface area (Å²) in [5.41, 5.74) is 0.661. The van der Waals surface area contributed by atoms with Crippen LogP contribution in [-0.2, 0) is 10.3 Å². The van der Waals surface area contributed by atoms with Crippen molar-refractivity contribution in [3.63, 3.8) is 0 Å². The van der Waals surface area contributed by atoms with Gasteiger partial charge in [0.15, 0.2) is 5.54 Å². The summed E-state index contributed by atoms with van der Waals surface area (Å²) < 4.78 is 0. The highest BCUT2D eigenvalue weighted by Crippen LogP contribution is 2.29. The number of hydrogen-bond acceptors (Lipinski definition) is 4. The van der Waals surface area contributed by atoms with Crippen molar-refractivity contribution in [3.05, 3.63) is 118 Å². The fourth-order valence-corrected chi connectivity index (χ4v) is 4.39. The molecule has 198 valence electrons. The SMILES string of the molecule is C[C@@](NC(=O)Nc1ccccc1Nc1ccccc1)(C(=O)O)c1cccc(NC(=O)c2c(Cl)cccc2Cl)c1. The van der Waals surface area contributed by atoms with Crippen LogP contribution in [0.2, 0.25) is 10.0 Å². The Balaban J connectivity index is 1.53. The number of carboxylic acid groups (broad SMARTS) is 1. The van der Waals surface area contributed by atoms with Crippen LogP contribution in [0.15, 0.2) is 97.1 Å². The fourth-order valence-electron chi connectivity index (χ4n) is 3.82. The molecule has 0 unspecified atom stereocenters. The van der Waals surface area contributed by atoms with Gasteiger partial charge in [0.2, 0.25) is 0 Å². The number of carbonyl (C=O) groups is 3. The van der Waals surface area contributed by atoms with Crippen LogP contribution >= 0.6 is 23.2 Å². The zero-order valence-electron chi connectivity index (χ0n) is 20.7. The third kappa shape index (κ3) is 6.49. The molecule has 1 atom stereocenters. The fraction of sp³-hybridized carbons (Fsp3) is 0.0690. The summed E-state index contributed by atoms with van der Waals surface area (Å²) in [6, 6.07) is 26.6. The maximum Gasteiger partial charge on any atom is 0.333 e. The Bertz CT molecular complexity index is 1510. The lowest BCUT2D eigenvalue weighted by Gasteiger charge is -2.27. The number of nitrogens with one attached hydrogen (secondary N) is 4. The molecule has 0 aliphatic carbocycles. The van der Waals surface area contributed by atoms with E-state index >= 15 is 0 Å². The predicted molar refractivity (Wildman–Crippen MR) is 154 cm³/mol. The van der Waals surface area contributed by atoms with Crippen LogP contribution in [0.4, 0.5) is 27.5 Å². The minimum Gasteiger partial charge on any atom is -0.479 e. The summed E-state index contributed by atoms with van der Waals surface area (Å²) in [4.78, 5) is 38.2. The van der Waals surface area contributed by atoms with Crippen molar-refractivity contribution in [1.29, 1.82) is 0 Å². The summed E-state index contributed by atoms with van der Waals surface area (Å²) in [5.74, 6) is -1.86. The highest BCUT2D eigenvalue weighted by Gasteiger charge is 2.37. The molecule has 0 radical (unpaired) electrons. The van der Waals surface area contributed by atoms with Gasteiger partial charge >= 0.3 is 12.0 Å². The van der Waals surface area contributed by atoms with E-state index in [0.29, 0.717) is 17.1 Å². The summed E-state index contributed by atoms with van der Waals surface area (Å²) >= 11 is 12.3. The minimum absolute atomic E-state index is 0.0903. The van der Waals surface area contributed by atoms with Crippen molar-refractivity contribution in [3.8, 4) is 0 Å². The quantitative estimate of drug-likeness (QED) is 0.157. The molecular formula is C29H24Cl2N4O4. The number of para-hydroxylation sites is 3. The largest absolute Gasteiger partial charge is 0.479 e. The second-order valence-electron chi connectivity index (χ2n) is 8.68. The van der Waals surface area contributed by atoms with E-state index in [0.717, 1.165) is 5.69 Å². The van der Waals surface area contributed by atoms with Crippen molar-refractivity contribution in [2.45, 2.75) is 12.5 Å². The van der Waals surface area contributed by atoms with Crippen LogP contribution in [0.5, 0.6) is 0 Å². The van der Waals surface area contributed by atoms with Crippen LogP contribution in [0.25, 0.3) is 0 Å². The topological polar surface area (TPSA) is 120 Å². The molecule has 0 bridgehead atoms. The molecular weight excluding hydrogens is 539 g/mol. The number of amides is 3. The van der Waals surface area contributed by atoms with Crippen LogP contribution in [0.1, 0.15) is 22.8 Å². The summed E-state index contributed by atoms with van der Waals surface area (Å²) in [6.45, 7) is 1.36. The molecule has 5 N–H and O–H groups in total. The van der Waals surface area contributed by atoms with Crippen LogP contribution < -0.4 is 21.3 Å². The molecule has 4 rings (SSSR count). The van der Waals surface area contributed by atoms with E-state index in [1.54, 1.807) is 36.4 Å². The number of halogens is 2. The lowest BCUT2D eigenvalue weighted by atomic mass is 9.91. The number of aliphatic carboxylic acids is 1. The van der Waals surface area contributed by atoms with E-state index in [4.69, 9.17) is 23.2 Å². The van der Waals surface area contributed by atoms with Gasteiger partial charge in [-0.15, -0.1) is 0 Å². The number of hydrogen-bond donors (Lipinski definition) is 5. The predicted octanol–water partition coefficient (Wildman–Crippen LogP) is 7.11. The maximum atomic E-state index is 13.0. The molecule has 0 aromatic heterocycles. The third-order valence-corrected chi connectivity index (χ3v) is 6.54. The zero-order valence-corrected chi connectivity index (χ0v) is 22.2. The van der Waals surface area contributed by atoms with E-state index in [1.165, 1.54) is 31.2 Å². The smallest absolute Gasteiger partial charge is 0.333 e. The molecule has 0 aliphatic rings. The first-order chi connectivity index (χ1) is 18.7. The lowest BCUT2D eigenvalue weighted by Crippen LogP contribution is -2.51. The van der Waals surface area contributed by atoms with Gasteiger partial charge in [-0.25, -0.2) is 9.59 Å². The number of benzene rings is 4. The van der Waals surface area contributed by atoms with Gasteiger partial charge < -0.3 is 26.4 Å². The van der Waals surface area contributed by atoms with Crippen molar-refractivity contribution in [1.82, 2.24) is 5.32 Å². The molecule has 0 saturated carbocycles. The highest BCUT2D eigenvalue weighted by atomic mass is 35.5. The van der Waals surface area contributed by atoms with Crippen LogP contribution in [0, 0.1) is 0 Å². The number of rotatable bonds is 8. The van der Waals surface area contributed by atoms with Gasteiger partial charge in [0.25, 0.3) is 5.91 Å². The van der Waals surface area contributed by atoms with Gasteiger partial charge in [-0.1, -0.05) is 71.7 Å². The molecule has 8 nitrogen and oxygen atoms in total. The molecule has 0 fully saturated rings. The molecule has 0 aliphatic heterocycles. The molecule has 0 heterocycles. The maximum absolute atomic E-state index is 13.0. The average molecular weight is 563 g/mol. The molecule has 4 aromatic rings. The van der Waals surface area contributed by atoms with Crippen LogP contribution in [-0.4, -0.2) is 23.0 Å². The van der Waals surface area contributed by atoms with Gasteiger partial charge in [0.05, 0.1) is 27.0 Å². The van der Waals surface area contributed by atoms with Gasteiger partial charge in [-0.05, 0) is 61.0 Å². The lowest BCUT2D eigenvalue weighted by molar-refractivity contribution is -0.144. The first-order valence-corrected chi connectivity index (χ1v) is 12.5. The molecule has 3 amide bonds. The third-order valence-electron chi connectivity index (χ3n) is 5.91. The standard InChI is InChI=1S/C29H24Cl2N4O4/c1-29(27(37)38,18-9-7-12-20(17-18)33-26(36)25-21(30)13-8-14-22(25)31)35-28(39)34-24-16-6-5-15-23(24)32-19-10-3-2-4-11-19/h2-17,32H,1H3,(H,33,36)(H,37,38)(H2,34,35,39)/t29-/m0/s1. The summed E-state index contributed by atoms with van der Waals surface area (Å²) in [5, 5.41) is 21.6. The van der Waals surface area contributed by atoms with E-state index < -0.39 is 23.4 Å². The first kappa shape index (κ1) is 27.5. The molecule has 4 aromatic carbocycles. The average Bonchev–Trinajstić information content (AvgIpc) is 2.90. The number of anilines is 4.